The van der Waals surface area contributed by atoms with Gasteiger partial charge in [0.2, 0.25) is 0 Å². The Morgan fingerprint density at radius 3 is 2.49 bits per heavy atom. The van der Waals surface area contributed by atoms with Crippen LogP contribution in [0.25, 0.3) is 0 Å². The fraction of sp³-hybridized carbons (Fsp3) is 0.517. The number of carbonyl (C=O) groups is 2. The molecule has 39 heavy (non-hydrogen) atoms. The summed E-state index contributed by atoms with van der Waals surface area (Å²) in [5.41, 5.74) is 1.79. The van der Waals surface area contributed by atoms with E-state index >= 15 is 0 Å². The van der Waals surface area contributed by atoms with Crippen molar-refractivity contribution in [1.82, 2.24) is 9.62 Å². The summed E-state index contributed by atoms with van der Waals surface area (Å²) in [7, 11) is 0. The number of hydrogen-bond acceptors (Lipinski definition) is 7. The topological polar surface area (TPSA) is 111 Å². The molecule has 0 radical (unpaired) electrons. The molecule has 2 unspecified atom stereocenters. The van der Waals surface area contributed by atoms with Crippen LogP contribution in [0.15, 0.2) is 42.5 Å². The molecule has 1 amide bonds. The summed E-state index contributed by atoms with van der Waals surface area (Å²) < 4.78 is 27.2. The fourth-order valence-corrected chi connectivity index (χ4v) is 6.05. The zero-order chi connectivity index (χ0) is 28.3. The number of phenolic OH excluding ortho intramolecular Hbond substituents is 1. The van der Waals surface area contributed by atoms with E-state index < -0.39 is 40.3 Å². The molecule has 2 N–H and O–H groups in total. The Bertz CT molecular complexity index is 1170. The number of hydrogen-bond donors (Lipinski definition) is 2. The molecule has 2 fully saturated rings. The van der Waals surface area contributed by atoms with Crippen LogP contribution >= 0.6 is 11.6 Å². The summed E-state index contributed by atoms with van der Waals surface area (Å²) in [6, 6.07) is 11.6. The molecule has 0 aliphatic carbocycles. The lowest BCUT2D eigenvalue weighted by Crippen LogP contribution is -2.50. The highest BCUT2D eigenvalue weighted by Gasteiger charge is 2.42. The van der Waals surface area contributed by atoms with Gasteiger partial charge in [-0.25, -0.2) is 4.79 Å². The van der Waals surface area contributed by atoms with E-state index in [0.717, 1.165) is 5.56 Å². The van der Waals surface area contributed by atoms with Gasteiger partial charge in [-0.1, -0.05) is 29.8 Å². The molecule has 4 rings (SSSR count). The molecule has 2 aromatic carbocycles. The smallest absolute Gasteiger partial charge is 0.338 e. The highest BCUT2D eigenvalue weighted by atomic mass is 35.5. The number of likely N-dealkylation sites (tertiary alicyclic amines) is 1. The highest BCUT2D eigenvalue weighted by molar-refractivity contribution is 7.90. The van der Waals surface area contributed by atoms with Crippen molar-refractivity contribution in [3.63, 3.8) is 0 Å². The van der Waals surface area contributed by atoms with E-state index in [9.17, 15) is 19.2 Å². The zero-order valence-electron chi connectivity index (χ0n) is 22.8. The number of nitrogens with zero attached hydrogens (tertiary/aromatic N) is 1. The van der Waals surface area contributed by atoms with E-state index in [1.165, 1.54) is 0 Å². The lowest BCUT2D eigenvalue weighted by molar-refractivity contribution is -0.146. The minimum Gasteiger partial charge on any atom is -0.598 e. The van der Waals surface area contributed by atoms with E-state index in [1.54, 1.807) is 41.3 Å². The van der Waals surface area contributed by atoms with Crippen molar-refractivity contribution in [2.24, 2.45) is 5.92 Å². The third-order valence-corrected chi connectivity index (χ3v) is 9.29. The van der Waals surface area contributed by atoms with Crippen molar-refractivity contribution in [1.29, 1.82) is 0 Å². The summed E-state index contributed by atoms with van der Waals surface area (Å²) in [4.78, 5) is 27.7. The number of aromatic hydroxyl groups is 1. The molecule has 0 bridgehead atoms. The molecule has 0 saturated carbocycles. The summed E-state index contributed by atoms with van der Waals surface area (Å²) in [6.07, 6.45) is 0.228. The van der Waals surface area contributed by atoms with Gasteiger partial charge in [-0.2, -0.15) is 0 Å². The van der Waals surface area contributed by atoms with E-state index in [0.29, 0.717) is 55.1 Å². The maximum Gasteiger partial charge on any atom is 0.338 e. The van der Waals surface area contributed by atoms with Gasteiger partial charge in [0.1, 0.15) is 16.6 Å². The van der Waals surface area contributed by atoms with Gasteiger partial charge >= 0.3 is 5.97 Å². The molecule has 8 nitrogen and oxygen atoms in total. The van der Waals surface area contributed by atoms with Crippen LogP contribution in [-0.2, 0) is 25.6 Å². The number of piperidine rings is 1. The Hall–Kier alpha value is -2.30. The zero-order valence-corrected chi connectivity index (χ0v) is 24.4. The lowest BCUT2D eigenvalue weighted by atomic mass is 9.85. The third kappa shape index (κ3) is 7.08. The van der Waals surface area contributed by atoms with Gasteiger partial charge in [-0.15, -0.1) is 4.72 Å². The van der Waals surface area contributed by atoms with Crippen LogP contribution in [0, 0.1) is 12.8 Å². The predicted octanol–water partition coefficient (Wildman–Crippen LogP) is 4.70. The first-order valence-corrected chi connectivity index (χ1v) is 14.8. The Labute approximate surface area is 238 Å². The Balaban J connectivity index is 1.44. The minimum atomic E-state index is -1.39. The number of carbonyl (C=O) groups excluding carboxylic acids is 2. The highest BCUT2D eigenvalue weighted by Crippen LogP contribution is 2.39. The number of phenols is 1. The van der Waals surface area contributed by atoms with Crippen LogP contribution in [0.1, 0.15) is 67.6 Å². The van der Waals surface area contributed by atoms with Crippen LogP contribution in [0.2, 0.25) is 5.02 Å². The largest absolute Gasteiger partial charge is 0.598 e. The molecule has 2 aliphatic rings. The van der Waals surface area contributed by atoms with Crippen molar-refractivity contribution in [3.05, 3.63) is 64.2 Å². The number of ether oxygens (including phenoxy) is 2. The number of nitrogens with one attached hydrogen (secondary N) is 1. The monoisotopic (exact) mass is 576 g/mol. The van der Waals surface area contributed by atoms with E-state index in [-0.39, 0.29) is 17.6 Å². The summed E-state index contributed by atoms with van der Waals surface area (Å²) >= 11 is 5.02. The number of amides is 1. The average Bonchev–Trinajstić information content (AvgIpc) is 3.37. The average molecular weight is 577 g/mol. The van der Waals surface area contributed by atoms with Crippen LogP contribution < -0.4 is 4.72 Å². The first-order chi connectivity index (χ1) is 18.5. The second kappa shape index (κ2) is 12.5. The Morgan fingerprint density at radius 2 is 1.85 bits per heavy atom. The first kappa shape index (κ1) is 29.7. The van der Waals surface area contributed by atoms with Crippen molar-refractivity contribution in [3.8, 4) is 5.75 Å². The van der Waals surface area contributed by atoms with E-state index in [2.05, 4.69) is 4.72 Å². The standard InChI is InChI=1S/C29H37ClN2O6S/c1-18-16-23(33)21(17-22(18)30)25(31-39(36)29(2,3)4)19-10-13-32(14-11-19)27(34)26-24(12-15-37-26)38-28(35)20-8-6-5-7-9-20/h5-9,16-17,19,24-26,31,33H,10-15H2,1-4H3/t24-,25?,26+,39?/m0/s1. The molecular weight excluding hydrogens is 540 g/mol. The summed E-state index contributed by atoms with van der Waals surface area (Å²) in [5.74, 6) is -0.566. The van der Waals surface area contributed by atoms with Crippen LogP contribution in [-0.4, -0.2) is 63.1 Å². The first-order valence-electron chi connectivity index (χ1n) is 13.3. The SMILES string of the molecule is Cc1cc(O)c(C(N[S+]([O-])C(C)(C)C)C2CCN(C(=O)[C@@H]3OCC[C@@H]3OC(=O)c3ccccc3)CC2)cc1Cl. The van der Waals surface area contributed by atoms with Crippen molar-refractivity contribution in [2.45, 2.75) is 70.0 Å². The Morgan fingerprint density at radius 1 is 1.18 bits per heavy atom. The maximum atomic E-state index is 13.4. The predicted molar refractivity (Wildman–Crippen MR) is 151 cm³/mol. The molecule has 4 atom stereocenters. The molecule has 2 aliphatic heterocycles. The van der Waals surface area contributed by atoms with Gasteiger partial charge in [0.05, 0.1) is 18.2 Å². The molecule has 10 heteroatoms. The number of esters is 1. The fourth-order valence-electron chi connectivity index (χ4n) is 4.97. The second-order valence-corrected chi connectivity index (χ2v) is 13.6. The van der Waals surface area contributed by atoms with Gasteiger partial charge in [-0.05, 0) is 76.3 Å². The van der Waals surface area contributed by atoms with Gasteiger partial charge in [0, 0.05) is 41.5 Å². The number of rotatable bonds is 7. The molecule has 2 saturated heterocycles. The summed E-state index contributed by atoms with van der Waals surface area (Å²) in [5, 5.41) is 11.3. The van der Waals surface area contributed by atoms with E-state index in [4.69, 9.17) is 21.1 Å². The molecule has 2 heterocycles. The minimum absolute atomic E-state index is 0.00113. The second-order valence-electron chi connectivity index (χ2n) is 11.2. The Kier molecular flexibility index (Phi) is 9.49. The maximum absolute atomic E-state index is 13.4. The molecule has 0 spiro atoms. The van der Waals surface area contributed by atoms with Gasteiger partial charge < -0.3 is 24.0 Å². The molecule has 212 valence electrons. The molecule has 0 aromatic heterocycles. The van der Waals surface area contributed by atoms with Crippen LogP contribution in [0.3, 0.4) is 0 Å². The number of benzene rings is 2. The normalized spacial score (nSPS) is 21.9. The number of aryl methyl sites for hydroxylation is 1. The van der Waals surface area contributed by atoms with E-state index in [1.807, 2.05) is 33.8 Å². The van der Waals surface area contributed by atoms with Crippen molar-refractivity contribution >= 4 is 34.8 Å². The summed E-state index contributed by atoms with van der Waals surface area (Å²) in [6.45, 7) is 8.75. The lowest BCUT2D eigenvalue weighted by Gasteiger charge is -2.38. The van der Waals surface area contributed by atoms with Crippen molar-refractivity contribution < 1.29 is 28.7 Å². The molecule has 2 aromatic rings. The van der Waals surface area contributed by atoms with Gasteiger partial charge in [-0.3, -0.25) is 4.79 Å². The van der Waals surface area contributed by atoms with Crippen LogP contribution in [0.4, 0.5) is 0 Å². The van der Waals surface area contributed by atoms with Crippen LogP contribution in [0.5, 0.6) is 5.75 Å². The van der Waals surface area contributed by atoms with Gasteiger partial charge in [0.15, 0.2) is 6.10 Å². The third-order valence-electron chi connectivity index (χ3n) is 7.30. The molecular formula is C29H37ClN2O6S. The quantitative estimate of drug-likeness (QED) is 0.363. The number of halogens is 1. The van der Waals surface area contributed by atoms with Gasteiger partial charge in [0.25, 0.3) is 5.91 Å². The van der Waals surface area contributed by atoms with Crippen molar-refractivity contribution in [2.75, 3.05) is 19.7 Å².